The highest BCUT2D eigenvalue weighted by Gasteiger charge is 2.28. The second-order valence-electron chi connectivity index (χ2n) is 6.44. The summed E-state index contributed by atoms with van der Waals surface area (Å²) >= 11 is 0. The van der Waals surface area contributed by atoms with Gasteiger partial charge in [-0.25, -0.2) is 0 Å². The second kappa shape index (κ2) is 5.38. The molecule has 2 rings (SSSR count). The first-order chi connectivity index (χ1) is 8.07. The monoisotopic (exact) mass is 238 g/mol. The molecule has 1 unspecified atom stereocenters. The van der Waals surface area contributed by atoms with E-state index in [1.807, 2.05) is 0 Å². The molecule has 17 heavy (non-hydrogen) atoms. The highest BCUT2D eigenvalue weighted by Crippen LogP contribution is 2.30. The molecule has 0 radical (unpaired) electrons. The normalized spacial score (nSPS) is 28.4. The average Bonchev–Trinajstić information content (AvgIpc) is 2.78. The third-order valence-corrected chi connectivity index (χ3v) is 4.40. The minimum atomic E-state index is 0.382. The first-order valence-corrected chi connectivity index (χ1v) is 7.05. The molecule has 2 saturated heterocycles. The fourth-order valence-corrected chi connectivity index (χ4v) is 2.81. The van der Waals surface area contributed by atoms with Gasteiger partial charge < -0.3 is 10.2 Å². The molecule has 0 aromatic heterocycles. The summed E-state index contributed by atoms with van der Waals surface area (Å²) in [6.07, 6.45) is 5.40. The lowest BCUT2D eigenvalue weighted by atomic mass is 9.82. The Morgan fingerprint density at radius 1 is 1.35 bits per heavy atom. The summed E-state index contributed by atoms with van der Waals surface area (Å²) in [6, 6.07) is 0. The minimum absolute atomic E-state index is 0.382. The summed E-state index contributed by atoms with van der Waals surface area (Å²) in [4.78, 5) is 14.1. The van der Waals surface area contributed by atoms with Crippen molar-refractivity contribution in [2.24, 2.45) is 11.3 Å². The van der Waals surface area contributed by atoms with E-state index in [0.717, 1.165) is 57.8 Å². The highest BCUT2D eigenvalue weighted by molar-refractivity contribution is 5.76. The summed E-state index contributed by atoms with van der Waals surface area (Å²) in [6.45, 7) is 8.79. The van der Waals surface area contributed by atoms with Gasteiger partial charge in [0.05, 0.1) is 0 Å². The maximum atomic E-state index is 12.1. The summed E-state index contributed by atoms with van der Waals surface area (Å²) < 4.78 is 0. The lowest BCUT2D eigenvalue weighted by Crippen LogP contribution is -2.41. The Balaban J connectivity index is 1.69. The first kappa shape index (κ1) is 12.9. The topological polar surface area (TPSA) is 32.3 Å². The smallest absolute Gasteiger partial charge is 0.222 e. The van der Waals surface area contributed by atoms with Crippen LogP contribution in [0.4, 0.5) is 0 Å². The van der Waals surface area contributed by atoms with Gasteiger partial charge >= 0.3 is 0 Å². The zero-order valence-corrected chi connectivity index (χ0v) is 11.3. The number of likely N-dealkylation sites (tertiary alicyclic amines) is 1. The van der Waals surface area contributed by atoms with E-state index in [1.54, 1.807) is 0 Å². The molecule has 2 aliphatic rings. The van der Waals surface area contributed by atoms with Gasteiger partial charge in [-0.2, -0.15) is 0 Å². The van der Waals surface area contributed by atoms with Gasteiger partial charge in [-0.3, -0.25) is 4.79 Å². The van der Waals surface area contributed by atoms with Crippen molar-refractivity contribution < 1.29 is 4.79 Å². The average molecular weight is 238 g/mol. The summed E-state index contributed by atoms with van der Waals surface area (Å²) in [5, 5.41) is 3.36. The number of hydrogen-bond acceptors (Lipinski definition) is 2. The first-order valence-electron chi connectivity index (χ1n) is 7.05. The highest BCUT2D eigenvalue weighted by atomic mass is 16.2. The van der Waals surface area contributed by atoms with Gasteiger partial charge in [-0.1, -0.05) is 13.8 Å². The number of carbonyl (C=O) groups excluding carboxylic acids is 1. The van der Waals surface area contributed by atoms with E-state index in [4.69, 9.17) is 0 Å². The SMILES string of the molecule is CC1(C)CCN(C(=O)CCC2CCNC2)CC1. The van der Waals surface area contributed by atoms with Crippen LogP contribution in [-0.4, -0.2) is 37.0 Å². The summed E-state index contributed by atoms with van der Waals surface area (Å²) in [7, 11) is 0. The molecular weight excluding hydrogens is 212 g/mol. The zero-order chi connectivity index (χ0) is 12.3. The molecule has 2 heterocycles. The van der Waals surface area contributed by atoms with Gasteiger partial charge in [0, 0.05) is 19.5 Å². The molecule has 0 aliphatic carbocycles. The molecule has 0 spiro atoms. The van der Waals surface area contributed by atoms with Crippen LogP contribution < -0.4 is 5.32 Å². The molecular formula is C14H26N2O. The Morgan fingerprint density at radius 3 is 2.65 bits per heavy atom. The van der Waals surface area contributed by atoms with Gasteiger partial charge in [0.2, 0.25) is 5.91 Å². The van der Waals surface area contributed by atoms with Gasteiger partial charge in [0.25, 0.3) is 0 Å². The Kier molecular flexibility index (Phi) is 4.08. The second-order valence-corrected chi connectivity index (χ2v) is 6.44. The molecule has 3 heteroatoms. The van der Waals surface area contributed by atoms with Gasteiger partial charge in [-0.05, 0) is 50.1 Å². The van der Waals surface area contributed by atoms with Gasteiger partial charge in [0.15, 0.2) is 0 Å². The number of amides is 1. The van der Waals surface area contributed by atoms with Gasteiger partial charge in [0.1, 0.15) is 0 Å². The summed E-state index contributed by atoms with van der Waals surface area (Å²) in [5.74, 6) is 1.12. The third-order valence-electron chi connectivity index (χ3n) is 4.40. The van der Waals surface area contributed by atoms with Crippen molar-refractivity contribution in [3.05, 3.63) is 0 Å². The fourth-order valence-electron chi connectivity index (χ4n) is 2.81. The van der Waals surface area contributed by atoms with E-state index >= 15 is 0 Å². The van der Waals surface area contributed by atoms with E-state index in [9.17, 15) is 4.79 Å². The quantitative estimate of drug-likeness (QED) is 0.816. The predicted molar refractivity (Wildman–Crippen MR) is 69.8 cm³/mol. The van der Waals surface area contributed by atoms with Crippen molar-refractivity contribution in [3.63, 3.8) is 0 Å². The number of piperidine rings is 1. The van der Waals surface area contributed by atoms with E-state index in [0.29, 0.717) is 11.3 Å². The third kappa shape index (κ3) is 3.70. The molecule has 0 aromatic carbocycles. The minimum Gasteiger partial charge on any atom is -0.343 e. The van der Waals surface area contributed by atoms with Gasteiger partial charge in [-0.15, -0.1) is 0 Å². The molecule has 0 saturated carbocycles. The number of hydrogen-bond donors (Lipinski definition) is 1. The maximum Gasteiger partial charge on any atom is 0.222 e. The van der Waals surface area contributed by atoms with Crippen LogP contribution in [0.15, 0.2) is 0 Å². The predicted octanol–water partition coefficient (Wildman–Crippen LogP) is 2.02. The molecule has 2 fully saturated rings. The van der Waals surface area contributed by atoms with E-state index in [-0.39, 0.29) is 0 Å². The van der Waals surface area contributed by atoms with E-state index in [2.05, 4.69) is 24.1 Å². The van der Waals surface area contributed by atoms with Crippen LogP contribution in [0.3, 0.4) is 0 Å². The van der Waals surface area contributed by atoms with Crippen LogP contribution in [0.25, 0.3) is 0 Å². The molecule has 1 amide bonds. The van der Waals surface area contributed by atoms with Crippen LogP contribution >= 0.6 is 0 Å². The van der Waals surface area contributed by atoms with Crippen LogP contribution in [0.2, 0.25) is 0 Å². The molecule has 0 bridgehead atoms. The standard InChI is InChI=1S/C14H26N2O/c1-14(2)6-9-16(10-7-14)13(17)4-3-12-5-8-15-11-12/h12,15H,3-11H2,1-2H3. The molecule has 0 aromatic rings. The van der Waals surface area contributed by atoms with Crippen LogP contribution in [-0.2, 0) is 4.79 Å². The Hall–Kier alpha value is -0.570. The van der Waals surface area contributed by atoms with Crippen molar-refractivity contribution >= 4 is 5.91 Å². The van der Waals surface area contributed by atoms with Crippen molar-refractivity contribution in [3.8, 4) is 0 Å². The van der Waals surface area contributed by atoms with Crippen LogP contribution in [0, 0.1) is 11.3 Å². The number of nitrogens with one attached hydrogen (secondary N) is 1. The number of rotatable bonds is 3. The Morgan fingerprint density at radius 2 is 2.06 bits per heavy atom. The van der Waals surface area contributed by atoms with Crippen LogP contribution in [0.5, 0.6) is 0 Å². The van der Waals surface area contributed by atoms with Crippen molar-refractivity contribution in [2.45, 2.75) is 46.0 Å². The largest absolute Gasteiger partial charge is 0.343 e. The molecule has 2 aliphatic heterocycles. The molecule has 3 nitrogen and oxygen atoms in total. The fraction of sp³-hybridized carbons (Fsp3) is 0.929. The zero-order valence-electron chi connectivity index (χ0n) is 11.3. The Labute approximate surface area is 105 Å². The number of nitrogens with zero attached hydrogens (tertiary/aromatic N) is 1. The molecule has 1 atom stereocenters. The lowest BCUT2D eigenvalue weighted by Gasteiger charge is -2.37. The van der Waals surface area contributed by atoms with E-state index in [1.165, 1.54) is 6.42 Å². The van der Waals surface area contributed by atoms with E-state index < -0.39 is 0 Å². The van der Waals surface area contributed by atoms with Crippen molar-refractivity contribution in [1.82, 2.24) is 10.2 Å². The lowest BCUT2D eigenvalue weighted by molar-refractivity contribution is -0.133. The number of carbonyl (C=O) groups is 1. The summed E-state index contributed by atoms with van der Waals surface area (Å²) in [5.41, 5.74) is 0.437. The van der Waals surface area contributed by atoms with Crippen molar-refractivity contribution in [1.29, 1.82) is 0 Å². The van der Waals surface area contributed by atoms with Crippen LogP contribution in [0.1, 0.15) is 46.0 Å². The molecule has 1 N–H and O–H groups in total. The molecule has 98 valence electrons. The Bertz CT molecular complexity index is 259. The maximum absolute atomic E-state index is 12.1. The van der Waals surface area contributed by atoms with Crippen molar-refractivity contribution in [2.75, 3.05) is 26.2 Å².